The third-order valence-electron chi connectivity index (χ3n) is 3.22. The maximum absolute atomic E-state index is 5.40. The van der Waals surface area contributed by atoms with E-state index in [2.05, 4.69) is 49.4 Å². The van der Waals surface area contributed by atoms with Crippen LogP contribution in [0.15, 0.2) is 24.3 Å². The van der Waals surface area contributed by atoms with Gasteiger partial charge in [0.1, 0.15) is 0 Å². The average molecular weight is 271 g/mol. The fourth-order valence-corrected chi connectivity index (χ4v) is 2.27. The number of hydrogen-bond donors (Lipinski definition) is 1. The SMILES string of the molecule is CCOc1nc(NC)nc(N2Cc3ccccc3C2)n1. The van der Waals surface area contributed by atoms with E-state index >= 15 is 0 Å². The zero-order chi connectivity index (χ0) is 13.9. The van der Waals surface area contributed by atoms with Crippen LogP contribution in [0.5, 0.6) is 6.01 Å². The highest BCUT2D eigenvalue weighted by atomic mass is 16.5. The van der Waals surface area contributed by atoms with E-state index in [1.807, 2.05) is 6.92 Å². The number of benzene rings is 1. The number of fused-ring (bicyclic) bond motifs is 1. The Morgan fingerprint density at radius 2 is 1.85 bits per heavy atom. The Morgan fingerprint density at radius 3 is 2.45 bits per heavy atom. The summed E-state index contributed by atoms with van der Waals surface area (Å²) in [5.74, 6) is 1.17. The van der Waals surface area contributed by atoms with Gasteiger partial charge < -0.3 is 15.0 Å². The van der Waals surface area contributed by atoms with Gasteiger partial charge in [0.05, 0.1) is 6.61 Å². The van der Waals surface area contributed by atoms with Crippen molar-refractivity contribution in [3.63, 3.8) is 0 Å². The first-order valence-corrected chi connectivity index (χ1v) is 6.68. The molecular formula is C14H17N5O. The Balaban J connectivity index is 1.89. The molecule has 0 saturated carbocycles. The van der Waals surface area contributed by atoms with Gasteiger partial charge in [0.15, 0.2) is 0 Å². The quantitative estimate of drug-likeness (QED) is 0.915. The number of nitrogens with one attached hydrogen (secondary N) is 1. The second-order valence-corrected chi connectivity index (χ2v) is 4.55. The molecule has 0 aliphatic carbocycles. The highest BCUT2D eigenvalue weighted by Gasteiger charge is 2.22. The van der Waals surface area contributed by atoms with Crippen molar-refractivity contribution in [2.24, 2.45) is 0 Å². The zero-order valence-electron chi connectivity index (χ0n) is 11.6. The summed E-state index contributed by atoms with van der Waals surface area (Å²) in [5, 5.41) is 2.94. The molecule has 104 valence electrons. The maximum atomic E-state index is 5.40. The Bertz CT molecular complexity index is 591. The molecule has 2 aromatic rings. The molecule has 20 heavy (non-hydrogen) atoms. The lowest BCUT2D eigenvalue weighted by molar-refractivity contribution is 0.312. The highest BCUT2D eigenvalue weighted by Crippen LogP contribution is 2.26. The van der Waals surface area contributed by atoms with E-state index in [1.54, 1.807) is 7.05 Å². The maximum Gasteiger partial charge on any atom is 0.323 e. The molecule has 0 atom stereocenters. The summed E-state index contributed by atoms with van der Waals surface area (Å²) in [7, 11) is 1.79. The number of aromatic nitrogens is 3. The fraction of sp³-hybridized carbons (Fsp3) is 0.357. The predicted molar refractivity (Wildman–Crippen MR) is 76.9 cm³/mol. The molecule has 1 aromatic carbocycles. The summed E-state index contributed by atoms with van der Waals surface area (Å²) in [6, 6.07) is 8.75. The lowest BCUT2D eigenvalue weighted by Gasteiger charge is -2.16. The van der Waals surface area contributed by atoms with E-state index < -0.39 is 0 Å². The molecule has 0 amide bonds. The van der Waals surface area contributed by atoms with Crippen LogP contribution in [0.4, 0.5) is 11.9 Å². The minimum absolute atomic E-state index is 0.359. The van der Waals surface area contributed by atoms with Gasteiger partial charge in [0, 0.05) is 20.1 Å². The van der Waals surface area contributed by atoms with Crippen molar-refractivity contribution in [3.8, 4) is 6.01 Å². The normalized spacial score (nSPS) is 13.2. The van der Waals surface area contributed by atoms with Crippen molar-refractivity contribution in [3.05, 3.63) is 35.4 Å². The molecule has 0 fully saturated rings. The summed E-state index contributed by atoms with van der Waals surface area (Å²) >= 11 is 0. The first-order valence-electron chi connectivity index (χ1n) is 6.68. The molecule has 1 aliphatic rings. The van der Waals surface area contributed by atoms with Crippen LogP contribution in [-0.2, 0) is 13.1 Å². The van der Waals surface area contributed by atoms with Crippen molar-refractivity contribution in [2.45, 2.75) is 20.0 Å². The Kier molecular flexibility index (Phi) is 3.37. The van der Waals surface area contributed by atoms with Gasteiger partial charge in [-0.15, -0.1) is 0 Å². The standard InChI is InChI=1S/C14H17N5O/c1-3-20-14-17-12(15-2)16-13(18-14)19-8-10-6-4-5-7-11(10)9-19/h4-7H,3,8-9H2,1-2H3,(H,15,16,17,18). The Labute approximate surface area is 117 Å². The van der Waals surface area contributed by atoms with Gasteiger partial charge in [0.2, 0.25) is 11.9 Å². The van der Waals surface area contributed by atoms with Gasteiger partial charge in [-0.25, -0.2) is 0 Å². The van der Waals surface area contributed by atoms with Crippen LogP contribution in [0, 0.1) is 0 Å². The zero-order valence-corrected chi connectivity index (χ0v) is 11.6. The molecule has 6 nitrogen and oxygen atoms in total. The lowest BCUT2D eigenvalue weighted by atomic mass is 10.1. The van der Waals surface area contributed by atoms with E-state index in [1.165, 1.54) is 11.1 Å². The van der Waals surface area contributed by atoms with Crippen molar-refractivity contribution in [1.82, 2.24) is 15.0 Å². The van der Waals surface area contributed by atoms with E-state index in [9.17, 15) is 0 Å². The van der Waals surface area contributed by atoms with Gasteiger partial charge in [-0.2, -0.15) is 15.0 Å². The molecule has 0 radical (unpaired) electrons. The lowest BCUT2D eigenvalue weighted by Crippen LogP contribution is -2.19. The first kappa shape index (κ1) is 12.7. The van der Waals surface area contributed by atoms with E-state index in [0.29, 0.717) is 24.5 Å². The number of rotatable bonds is 4. The van der Waals surface area contributed by atoms with Crippen molar-refractivity contribution >= 4 is 11.9 Å². The minimum Gasteiger partial charge on any atom is -0.464 e. The summed E-state index contributed by atoms with van der Waals surface area (Å²) < 4.78 is 5.40. The van der Waals surface area contributed by atoms with Crippen LogP contribution in [0.2, 0.25) is 0 Å². The Morgan fingerprint density at radius 1 is 1.15 bits per heavy atom. The molecule has 2 heterocycles. The van der Waals surface area contributed by atoms with E-state index in [0.717, 1.165) is 13.1 Å². The molecule has 0 saturated heterocycles. The molecule has 6 heteroatoms. The highest BCUT2D eigenvalue weighted by molar-refractivity contribution is 5.45. The third-order valence-corrected chi connectivity index (χ3v) is 3.22. The molecule has 3 rings (SSSR count). The summed E-state index contributed by atoms with van der Waals surface area (Å²) in [5.41, 5.74) is 2.63. The van der Waals surface area contributed by atoms with Crippen LogP contribution in [-0.4, -0.2) is 28.6 Å². The van der Waals surface area contributed by atoms with Crippen LogP contribution >= 0.6 is 0 Å². The number of nitrogens with zero attached hydrogens (tertiary/aromatic N) is 4. The molecule has 1 N–H and O–H groups in total. The van der Waals surface area contributed by atoms with Crippen molar-refractivity contribution in [2.75, 3.05) is 23.9 Å². The second kappa shape index (κ2) is 5.32. The average Bonchev–Trinajstić information content (AvgIpc) is 2.91. The monoisotopic (exact) mass is 271 g/mol. The molecule has 1 aliphatic heterocycles. The smallest absolute Gasteiger partial charge is 0.323 e. The molecule has 0 spiro atoms. The Hall–Kier alpha value is -2.37. The minimum atomic E-state index is 0.359. The third kappa shape index (κ3) is 2.36. The summed E-state index contributed by atoms with van der Waals surface area (Å²) in [4.78, 5) is 15.1. The molecule has 1 aromatic heterocycles. The van der Waals surface area contributed by atoms with Gasteiger partial charge in [-0.3, -0.25) is 0 Å². The van der Waals surface area contributed by atoms with Gasteiger partial charge >= 0.3 is 6.01 Å². The van der Waals surface area contributed by atoms with E-state index in [4.69, 9.17) is 4.74 Å². The van der Waals surface area contributed by atoms with Gasteiger partial charge in [-0.1, -0.05) is 24.3 Å². The summed E-state index contributed by atoms with van der Waals surface area (Å²) in [6.45, 7) is 4.07. The van der Waals surface area contributed by atoms with Crippen molar-refractivity contribution < 1.29 is 4.74 Å². The van der Waals surface area contributed by atoms with E-state index in [-0.39, 0.29) is 0 Å². The predicted octanol–water partition coefficient (Wildman–Crippen LogP) is 1.83. The van der Waals surface area contributed by atoms with Crippen molar-refractivity contribution in [1.29, 1.82) is 0 Å². The molecule has 0 unspecified atom stereocenters. The topological polar surface area (TPSA) is 63.2 Å². The number of ether oxygens (including phenoxy) is 1. The fourth-order valence-electron chi connectivity index (χ4n) is 2.27. The first-order chi connectivity index (χ1) is 9.80. The largest absolute Gasteiger partial charge is 0.464 e. The number of hydrogen-bond acceptors (Lipinski definition) is 6. The van der Waals surface area contributed by atoms with Gasteiger partial charge in [0.25, 0.3) is 0 Å². The number of anilines is 2. The van der Waals surface area contributed by atoms with Gasteiger partial charge in [-0.05, 0) is 18.1 Å². The summed E-state index contributed by atoms with van der Waals surface area (Å²) in [6.07, 6.45) is 0. The molecule has 0 bridgehead atoms. The van der Waals surface area contributed by atoms with Crippen LogP contribution in [0.1, 0.15) is 18.1 Å². The molecular weight excluding hydrogens is 254 g/mol. The second-order valence-electron chi connectivity index (χ2n) is 4.55. The van der Waals surface area contributed by atoms with Crippen LogP contribution in [0.3, 0.4) is 0 Å². The van der Waals surface area contributed by atoms with Crippen LogP contribution < -0.4 is 15.0 Å². The van der Waals surface area contributed by atoms with Crippen LogP contribution in [0.25, 0.3) is 0 Å².